The SMILES string of the molecule is Cc1c(N)cncc1-c1cc2cc(NC(=O)C=C3CCC(C(=O)O)CC3)ncc2c(N)n1. The molecule has 1 fully saturated rings. The zero-order valence-electron chi connectivity index (χ0n) is 17.6. The largest absolute Gasteiger partial charge is 0.481 e. The molecule has 0 atom stereocenters. The molecule has 1 aliphatic rings. The third kappa shape index (κ3) is 4.36. The van der Waals surface area contributed by atoms with Crippen LogP contribution in [0.5, 0.6) is 0 Å². The van der Waals surface area contributed by atoms with Crippen molar-refractivity contribution in [1.82, 2.24) is 15.0 Å². The smallest absolute Gasteiger partial charge is 0.306 e. The van der Waals surface area contributed by atoms with Gasteiger partial charge in [-0.3, -0.25) is 14.6 Å². The minimum Gasteiger partial charge on any atom is -0.481 e. The maximum Gasteiger partial charge on any atom is 0.306 e. The zero-order chi connectivity index (χ0) is 22.8. The molecule has 0 radical (unpaired) electrons. The molecule has 4 rings (SSSR count). The molecule has 164 valence electrons. The lowest BCUT2D eigenvalue weighted by Gasteiger charge is -2.20. The number of aromatic nitrogens is 3. The van der Waals surface area contributed by atoms with E-state index in [4.69, 9.17) is 16.6 Å². The highest BCUT2D eigenvalue weighted by Crippen LogP contribution is 2.31. The number of fused-ring (bicyclic) bond motifs is 1. The summed E-state index contributed by atoms with van der Waals surface area (Å²) in [5, 5.41) is 13.3. The molecule has 0 bridgehead atoms. The normalized spacial score (nSPS) is 16.0. The Bertz CT molecular complexity index is 1240. The number of carbonyl (C=O) groups excluding carboxylic acids is 1. The zero-order valence-corrected chi connectivity index (χ0v) is 17.6. The van der Waals surface area contributed by atoms with Gasteiger partial charge in [-0.2, -0.15) is 0 Å². The lowest BCUT2D eigenvalue weighted by molar-refractivity contribution is -0.142. The number of hydrogen-bond acceptors (Lipinski definition) is 7. The number of amides is 1. The van der Waals surface area contributed by atoms with Crippen LogP contribution in [0.25, 0.3) is 22.0 Å². The Hall–Kier alpha value is -4.01. The number of carboxylic acid groups (broad SMARTS) is 1. The van der Waals surface area contributed by atoms with Crippen LogP contribution < -0.4 is 16.8 Å². The van der Waals surface area contributed by atoms with E-state index in [0.717, 1.165) is 22.1 Å². The van der Waals surface area contributed by atoms with Crippen LogP contribution in [-0.2, 0) is 9.59 Å². The lowest BCUT2D eigenvalue weighted by Crippen LogP contribution is -2.18. The average Bonchev–Trinajstić information content (AvgIpc) is 2.75. The topological polar surface area (TPSA) is 157 Å². The average molecular weight is 432 g/mol. The molecule has 3 heterocycles. The predicted molar refractivity (Wildman–Crippen MR) is 123 cm³/mol. The molecule has 0 aliphatic heterocycles. The van der Waals surface area contributed by atoms with Gasteiger partial charge in [0, 0.05) is 29.4 Å². The molecular weight excluding hydrogens is 408 g/mol. The molecule has 3 aromatic heterocycles. The second-order valence-electron chi connectivity index (χ2n) is 7.99. The van der Waals surface area contributed by atoms with Crippen molar-refractivity contribution in [2.24, 2.45) is 5.92 Å². The van der Waals surface area contributed by atoms with Gasteiger partial charge in [0.15, 0.2) is 0 Å². The van der Waals surface area contributed by atoms with Gasteiger partial charge in [0.05, 0.1) is 23.5 Å². The number of nitrogens with one attached hydrogen (secondary N) is 1. The summed E-state index contributed by atoms with van der Waals surface area (Å²) < 4.78 is 0. The number of aliphatic carboxylic acids is 1. The maximum absolute atomic E-state index is 12.5. The Morgan fingerprint density at radius 3 is 2.62 bits per heavy atom. The molecule has 1 saturated carbocycles. The van der Waals surface area contributed by atoms with Crippen molar-refractivity contribution >= 4 is 40.0 Å². The monoisotopic (exact) mass is 432 g/mol. The van der Waals surface area contributed by atoms with E-state index in [-0.39, 0.29) is 11.8 Å². The first-order valence-electron chi connectivity index (χ1n) is 10.3. The van der Waals surface area contributed by atoms with Crippen molar-refractivity contribution in [3.63, 3.8) is 0 Å². The first-order chi connectivity index (χ1) is 15.3. The Kier molecular flexibility index (Phi) is 5.72. The predicted octanol–water partition coefficient (Wildman–Crippen LogP) is 3.30. The van der Waals surface area contributed by atoms with Crippen LogP contribution in [0.2, 0.25) is 0 Å². The van der Waals surface area contributed by atoms with Gasteiger partial charge in [-0.25, -0.2) is 9.97 Å². The second kappa shape index (κ2) is 8.62. The fourth-order valence-corrected chi connectivity index (χ4v) is 3.91. The third-order valence-electron chi connectivity index (χ3n) is 5.84. The van der Waals surface area contributed by atoms with E-state index < -0.39 is 5.97 Å². The molecular formula is C23H24N6O3. The Morgan fingerprint density at radius 2 is 1.91 bits per heavy atom. The number of anilines is 3. The van der Waals surface area contributed by atoms with E-state index in [1.165, 1.54) is 6.08 Å². The van der Waals surface area contributed by atoms with E-state index in [1.807, 2.05) is 13.0 Å². The van der Waals surface area contributed by atoms with Crippen LogP contribution in [-0.4, -0.2) is 31.9 Å². The number of carboxylic acids is 1. The van der Waals surface area contributed by atoms with Crippen LogP contribution in [0.3, 0.4) is 0 Å². The molecule has 0 aromatic carbocycles. The third-order valence-corrected chi connectivity index (χ3v) is 5.84. The number of hydrogen-bond donors (Lipinski definition) is 4. The van der Waals surface area contributed by atoms with E-state index >= 15 is 0 Å². The minimum atomic E-state index is -0.772. The summed E-state index contributed by atoms with van der Waals surface area (Å²) in [5.41, 5.74) is 15.9. The van der Waals surface area contributed by atoms with Crippen LogP contribution in [0.15, 0.2) is 42.4 Å². The van der Waals surface area contributed by atoms with Crippen molar-refractivity contribution in [2.75, 3.05) is 16.8 Å². The van der Waals surface area contributed by atoms with Crippen molar-refractivity contribution in [3.05, 3.63) is 47.9 Å². The molecule has 1 amide bonds. The molecule has 32 heavy (non-hydrogen) atoms. The van der Waals surface area contributed by atoms with Gasteiger partial charge in [0.1, 0.15) is 11.6 Å². The first kappa shape index (κ1) is 21.2. The number of rotatable bonds is 4. The van der Waals surface area contributed by atoms with Crippen LogP contribution >= 0.6 is 0 Å². The van der Waals surface area contributed by atoms with Crippen LogP contribution in [0.1, 0.15) is 31.2 Å². The fraction of sp³-hybridized carbons (Fsp3) is 0.261. The highest BCUT2D eigenvalue weighted by atomic mass is 16.4. The molecule has 6 N–H and O–H groups in total. The van der Waals surface area contributed by atoms with Gasteiger partial charge in [-0.15, -0.1) is 0 Å². The van der Waals surface area contributed by atoms with Gasteiger partial charge >= 0.3 is 5.97 Å². The van der Waals surface area contributed by atoms with Crippen LogP contribution in [0.4, 0.5) is 17.3 Å². The fourth-order valence-electron chi connectivity index (χ4n) is 3.91. The lowest BCUT2D eigenvalue weighted by atomic mass is 9.86. The molecule has 1 aliphatic carbocycles. The summed E-state index contributed by atoms with van der Waals surface area (Å²) in [6.07, 6.45) is 8.71. The summed E-state index contributed by atoms with van der Waals surface area (Å²) >= 11 is 0. The second-order valence-corrected chi connectivity index (χ2v) is 7.99. The van der Waals surface area contributed by atoms with Crippen LogP contribution in [0, 0.1) is 12.8 Å². The summed E-state index contributed by atoms with van der Waals surface area (Å²) in [6, 6.07) is 3.60. The van der Waals surface area contributed by atoms with Crippen molar-refractivity contribution in [1.29, 1.82) is 0 Å². The molecule has 0 unspecified atom stereocenters. The number of nitrogens with zero attached hydrogens (tertiary/aromatic N) is 3. The maximum atomic E-state index is 12.5. The summed E-state index contributed by atoms with van der Waals surface area (Å²) in [4.78, 5) is 36.4. The van der Waals surface area contributed by atoms with Crippen molar-refractivity contribution in [2.45, 2.75) is 32.6 Å². The highest BCUT2D eigenvalue weighted by molar-refractivity contribution is 6.01. The summed E-state index contributed by atoms with van der Waals surface area (Å²) in [6.45, 7) is 1.89. The summed E-state index contributed by atoms with van der Waals surface area (Å²) in [7, 11) is 0. The number of pyridine rings is 3. The highest BCUT2D eigenvalue weighted by Gasteiger charge is 2.23. The van der Waals surface area contributed by atoms with Gasteiger partial charge < -0.3 is 21.9 Å². The van der Waals surface area contributed by atoms with E-state index in [2.05, 4.69) is 20.3 Å². The molecule has 9 heteroatoms. The molecule has 3 aromatic rings. The molecule has 0 saturated heterocycles. The standard InChI is InChI=1S/C23H24N6O3/c1-12-16(9-26-11-18(12)24)19-7-15-8-20(27-10-17(15)22(25)28-19)29-21(30)6-13-2-4-14(5-3-13)23(31)32/h6-11,14H,2-5,24H2,1H3,(H2,25,28)(H,31,32)(H,27,29,30). The van der Waals surface area contributed by atoms with E-state index in [0.29, 0.717) is 54.1 Å². The summed E-state index contributed by atoms with van der Waals surface area (Å²) in [5.74, 6) is -0.686. The first-order valence-corrected chi connectivity index (χ1v) is 10.3. The van der Waals surface area contributed by atoms with Gasteiger partial charge in [0.25, 0.3) is 0 Å². The molecule has 0 spiro atoms. The quantitative estimate of drug-likeness (QED) is 0.457. The van der Waals surface area contributed by atoms with Crippen molar-refractivity contribution in [3.8, 4) is 11.3 Å². The number of allylic oxidation sites excluding steroid dienone is 1. The van der Waals surface area contributed by atoms with Gasteiger partial charge in [-0.05, 0) is 55.7 Å². The molecule has 9 nitrogen and oxygen atoms in total. The number of nitrogen functional groups attached to an aromatic ring is 2. The van der Waals surface area contributed by atoms with Crippen molar-refractivity contribution < 1.29 is 14.7 Å². The van der Waals surface area contributed by atoms with E-state index in [9.17, 15) is 9.59 Å². The minimum absolute atomic E-state index is 0.293. The number of nitrogens with two attached hydrogens (primary N) is 2. The Balaban J connectivity index is 1.57. The number of carbonyl (C=O) groups is 2. The van der Waals surface area contributed by atoms with Gasteiger partial charge in [-0.1, -0.05) is 5.57 Å². The Labute approximate surface area is 184 Å². The van der Waals surface area contributed by atoms with Gasteiger partial charge in [0.2, 0.25) is 5.91 Å². The Morgan fingerprint density at radius 1 is 1.16 bits per heavy atom. The van der Waals surface area contributed by atoms with E-state index in [1.54, 1.807) is 24.7 Å².